The highest BCUT2D eigenvalue weighted by Gasteiger charge is 2.13. The number of nitrogens with one attached hydrogen (secondary N) is 1. The van der Waals surface area contributed by atoms with E-state index in [2.05, 4.69) is 14.8 Å². The van der Waals surface area contributed by atoms with E-state index in [1.165, 1.54) is 12.1 Å². The Labute approximate surface area is 120 Å². The lowest BCUT2D eigenvalue weighted by Crippen LogP contribution is -2.25. The SMILES string of the molecule is COC(C)CNCc1ccc(OC(F)F)cc1OC(F)F. The van der Waals surface area contributed by atoms with Crippen molar-refractivity contribution in [2.75, 3.05) is 13.7 Å². The first-order valence-corrected chi connectivity index (χ1v) is 6.18. The Bertz CT molecular complexity index is 432. The number of hydrogen-bond acceptors (Lipinski definition) is 4. The van der Waals surface area contributed by atoms with Gasteiger partial charge in [-0.05, 0) is 13.0 Å². The van der Waals surface area contributed by atoms with Gasteiger partial charge in [0.25, 0.3) is 0 Å². The first kappa shape index (κ1) is 17.5. The number of rotatable bonds is 9. The Morgan fingerprint density at radius 1 is 1.10 bits per heavy atom. The molecule has 0 bridgehead atoms. The van der Waals surface area contributed by atoms with E-state index < -0.39 is 13.2 Å². The Morgan fingerprint density at radius 2 is 1.76 bits per heavy atom. The first-order chi connectivity index (χ1) is 9.92. The molecule has 0 radical (unpaired) electrons. The lowest BCUT2D eigenvalue weighted by atomic mass is 10.2. The average Bonchev–Trinajstić information content (AvgIpc) is 2.39. The summed E-state index contributed by atoms with van der Waals surface area (Å²) in [5, 5.41) is 2.99. The second-order valence-electron chi connectivity index (χ2n) is 4.20. The maximum absolute atomic E-state index is 12.3. The topological polar surface area (TPSA) is 39.7 Å². The lowest BCUT2D eigenvalue weighted by Gasteiger charge is -2.15. The fourth-order valence-electron chi connectivity index (χ4n) is 1.56. The second kappa shape index (κ2) is 8.68. The lowest BCUT2D eigenvalue weighted by molar-refractivity contribution is -0.0547. The summed E-state index contributed by atoms with van der Waals surface area (Å²) in [6, 6.07) is 3.66. The van der Waals surface area contributed by atoms with Crippen LogP contribution in [-0.4, -0.2) is 33.0 Å². The summed E-state index contributed by atoms with van der Waals surface area (Å²) in [4.78, 5) is 0. The van der Waals surface area contributed by atoms with Gasteiger partial charge in [0.15, 0.2) is 0 Å². The van der Waals surface area contributed by atoms with Crippen molar-refractivity contribution in [3.05, 3.63) is 23.8 Å². The van der Waals surface area contributed by atoms with Crippen LogP contribution < -0.4 is 14.8 Å². The van der Waals surface area contributed by atoms with Gasteiger partial charge in [-0.15, -0.1) is 0 Å². The molecular formula is C13H17F4NO3. The molecule has 21 heavy (non-hydrogen) atoms. The number of methoxy groups -OCH3 is 1. The van der Waals surface area contributed by atoms with Gasteiger partial charge >= 0.3 is 13.2 Å². The Balaban J connectivity index is 2.76. The zero-order valence-electron chi connectivity index (χ0n) is 11.6. The average molecular weight is 311 g/mol. The number of benzene rings is 1. The largest absolute Gasteiger partial charge is 0.435 e. The van der Waals surface area contributed by atoms with Crippen LogP contribution in [0.1, 0.15) is 12.5 Å². The normalized spacial score (nSPS) is 12.8. The van der Waals surface area contributed by atoms with E-state index in [0.29, 0.717) is 12.1 Å². The monoisotopic (exact) mass is 311 g/mol. The van der Waals surface area contributed by atoms with E-state index in [4.69, 9.17) is 4.74 Å². The molecule has 0 fully saturated rings. The number of hydrogen-bond donors (Lipinski definition) is 1. The summed E-state index contributed by atoms with van der Waals surface area (Å²) in [6.45, 7) is -3.52. The third-order valence-corrected chi connectivity index (χ3v) is 2.63. The van der Waals surface area contributed by atoms with E-state index >= 15 is 0 Å². The van der Waals surface area contributed by atoms with Crippen molar-refractivity contribution in [1.29, 1.82) is 0 Å². The molecule has 1 aromatic rings. The van der Waals surface area contributed by atoms with Crippen molar-refractivity contribution in [2.24, 2.45) is 0 Å². The molecular weight excluding hydrogens is 294 g/mol. The van der Waals surface area contributed by atoms with Crippen LogP contribution in [0.4, 0.5) is 17.6 Å². The molecule has 0 aromatic heterocycles. The van der Waals surface area contributed by atoms with Crippen LogP contribution >= 0.6 is 0 Å². The molecule has 1 unspecified atom stereocenters. The summed E-state index contributed by atoms with van der Waals surface area (Å²) in [6.07, 6.45) is -0.0501. The van der Waals surface area contributed by atoms with Gasteiger partial charge in [0.2, 0.25) is 0 Å². The van der Waals surface area contributed by atoms with Crippen molar-refractivity contribution in [3.8, 4) is 11.5 Å². The Morgan fingerprint density at radius 3 is 2.33 bits per heavy atom. The van der Waals surface area contributed by atoms with Crippen LogP contribution in [0.2, 0.25) is 0 Å². The van der Waals surface area contributed by atoms with Crippen molar-refractivity contribution in [3.63, 3.8) is 0 Å². The molecule has 1 atom stereocenters. The van der Waals surface area contributed by atoms with Gasteiger partial charge < -0.3 is 19.5 Å². The smallest absolute Gasteiger partial charge is 0.387 e. The minimum atomic E-state index is -3.05. The van der Waals surface area contributed by atoms with Crippen molar-refractivity contribution >= 4 is 0 Å². The van der Waals surface area contributed by atoms with E-state index in [-0.39, 0.29) is 24.1 Å². The van der Waals surface area contributed by atoms with E-state index in [0.717, 1.165) is 6.07 Å². The molecule has 0 aliphatic carbocycles. The van der Waals surface area contributed by atoms with Crippen LogP contribution in [-0.2, 0) is 11.3 Å². The second-order valence-corrected chi connectivity index (χ2v) is 4.20. The van der Waals surface area contributed by atoms with Crippen molar-refractivity contribution in [1.82, 2.24) is 5.32 Å². The third-order valence-electron chi connectivity index (χ3n) is 2.63. The predicted octanol–water partition coefficient (Wildman–Crippen LogP) is 3.01. The Hall–Kier alpha value is -1.54. The highest BCUT2D eigenvalue weighted by molar-refractivity contribution is 5.40. The van der Waals surface area contributed by atoms with Crippen LogP contribution in [0.25, 0.3) is 0 Å². The zero-order valence-corrected chi connectivity index (χ0v) is 11.6. The molecule has 1 N–H and O–H groups in total. The van der Waals surface area contributed by atoms with Gasteiger partial charge in [-0.1, -0.05) is 6.07 Å². The molecule has 0 amide bonds. The molecule has 0 aliphatic heterocycles. The van der Waals surface area contributed by atoms with Gasteiger partial charge in [0, 0.05) is 31.8 Å². The molecule has 0 saturated carbocycles. The third kappa shape index (κ3) is 6.63. The molecule has 0 heterocycles. The van der Waals surface area contributed by atoms with E-state index in [1.807, 2.05) is 6.92 Å². The first-order valence-electron chi connectivity index (χ1n) is 6.18. The van der Waals surface area contributed by atoms with Gasteiger partial charge in [-0.25, -0.2) is 0 Å². The van der Waals surface area contributed by atoms with Gasteiger partial charge in [0.1, 0.15) is 11.5 Å². The minimum absolute atomic E-state index is 0.0501. The molecule has 0 saturated heterocycles. The summed E-state index contributed by atoms with van der Waals surface area (Å²) < 4.78 is 62.4. The summed E-state index contributed by atoms with van der Waals surface area (Å²) >= 11 is 0. The molecule has 120 valence electrons. The van der Waals surface area contributed by atoms with Crippen LogP contribution in [0.15, 0.2) is 18.2 Å². The summed E-state index contributed by atoms with van der Waals surface area (Å²) in [7, 11) is 1.55. The van der Waals surface area contributed by atoms with E-state index in [1.54, 1.807) is 7.11 Å². The molecule has 0 spiro atoms. The molecule has 1 rings (SSSR count). The molecule has 0 aliphatic rings. The van der Waals surface area contributed by atoms with Gasteiger partial charge in [0.05, 0.1) is 6.10 Å². The molecule has 8 heteroatoms. The van der Waals surface area contributed by atoms with Crippen LogP contribution in [0.5, 0.6) is 11.5 Å². The quantitative estimate of drug-likeness (QED) is 0.712. The van der Waals surface area contributed by atoms with Gasteiger partial charge in [-0.2, -0.15) is 17.6 Å². The number of alkyl halides is 4. The number of halogens is 4. The van der Waals surface area contributed by atoms with E-state index in [9.17, 15) is 17.6 Å². The highest BCUT2D eigenvalue weighted by Crippen LogP contribution is 2.27. The molecule has 1 aromatic carbocycles. The highest BCUT2D eigenvalue weighted by atomic mass is 19.3. The zero-order chi connectivity index (χ0) is 15.8. The summed E-state index contributed by atoms with van der Waals surface area (Å²) in [5.41, 5.74) is 0.403. The Kier molecular flexibility index (Phi) is 7.24. The summed E-state index contributed by atoms with van der Waals surface area (Å²) in [5.74, 6) is -0.449. The van der Waals surface area contributed by atoms with Crippen LogP contribution in [0, 0.1) is 0 Å². The number of ether oxygens (including phenoxy) is 3. The minimum Gasteiger partial charge on any atom is -0.435 e. The van der Waals surface area contributed by atoms with Crippen molar-refractivity contribution < 1.29 is 31.8 Å². The standard InChI is InChI=1S/C13H17F4NO3/c1-8(19-2)6-18-7-9-3-4-10(20-12(14)15)5-11(9)21-13(16)17/h3-5,8,12-13,18H,6-7H2,1-2H3. The fraction of sp³-hybridized carbons (Fsp3) is 0.538. The van der Waals surface area contributed by atoms with Gasteiger partial charge in [-0.3, -0.25) is 0 Å². The maximum Gasteiger partial charge on any atom is 0.387 e. The van der Waals surface area contributed by atoms with Crippen molar-refractivity contribution in [2.45, 2.75) is 32.8 Å². The maximum atomic E-state index is 12.3. The fourth-order valence-corrected chi connectivity index (χ4v) is 1.56. The molecule has 4 nitrogen and oxygen atoms in total. The predicted molar refractivity (Wildman–Crippen MR) is 67.9 cm³/mol. The van der Waals surface area contributed by atoms with Crippen LogP contribution in [0.3, 0.4) is 0 Å².